The van der Waals surface area contributed by atoms with Gasteiger partial charge in [0, 0.05) is 39.1 Å². The number of rotatable bonds is 8. The molecule has 12 rings (SSSR count). The van der Waals surface area contributed by atoms with Crippen molar-refractivity contribution < 1.29 is 4.74 Å². The van der Waals surface area contributed by atoms with Crippen LogP contribution in [0.2, 0.25) is 0 Å². The van der Waals surface area contributed by atoms with Gasteiger partial charge in [-0.05, 0) is 122 Å². The third-order valence-electron chi connectivity index (χ3n) is 13.2. The molecule has 2 aliphatic rings. The summed E-state index contributed by atoms with van der Waals surface area (Å²) in [6.45, 7) is 4.73. The highest BCUT2D eigenvalue weighted by atomic mass is 16.5. The van der Waals surface area contributed by atoms with E-state index < -0.39 is 0 Å². The quantitative estimate of drug-likeness (QED) is 0.152. The van der Waals surface area contributed by atoms with Crippen LogP contribution in [0.15, 0.2) is 231 Å². The molecule has 1 aliphatic heterocycles. The van der Waals surface area contributed by atoms with Crippen LogP contribution in [0.3, 0.4) is 0 Å². The van der Waals surface area contributed by atoms with Gasteiger partial charge in [0.2, 0.25) is 0 Å². The standard InChI is InChI=1S/C61H44N2O/c1-61(2)54-26-13-12-23-50(54)52-25-15-27-55(59(52)61)63(48-35-32-44(33-36-48)43-30-28-42(29-31-43)41-16-6-3-7-17-41)56-38-34-45-18-14-24-51-53-40-49(37-39-57(53)64-60(56)58(45)51)62(46-19-8-4-9-20-46)47-21-10-5-11-22-47/h3-40H,1-2H3. The van der Waals surface area contributed by atoms with E-state index in [2.05, 4.69) is 254 Å². The number of anilines is 6. The van der Waals surface area contributed by atoms with E-state index in [1.165, 1.54) is 38.9 Å². The lowest BCUT2D eigenvalue weighted by atomic mass is 9.81. The topological polar surface area (TPSA) is 15.7 Å². The van der Waals surface area contributed by atoms with E-state index in [4.69, 9.17) is 4.74 Å². The van der Waals surface area contributed by atoms with Crippen LogP contribution < -0.4 is 14.5 Å². The first kappa shape index (κ1) is 37.6. The Bertz CT molecular complexity index is 3320. The van der Waals surface area contributed by atoms with E-state index in [0.29, 0.717) is 0 Å². The van der Waals surface area contributed by atoms with Gasteiger partial charge >= 0.3 is 0 Å². The Balaban J connectivity index is 1.02. The van der Waals surface area contributed by atoms with Crippen molar-refractivity contribution in [2.24, 2.45) is 0 Å². The molecule has 0 bridgehead atoms. The van der Waals surface area contributed by atoms with Gasteiger partial charge < -0.3 is 14.5 Å². The fourth-order valence-electron chi connectivity index (χ4n) is 10.2. The Kier molecular flexibility index (Phi) is 8.84. The van der Waals surface area contributed by atoms with E-state index in [9.17, 15) is 0 Å². The first-order chi connectivity index (χ1) is 31.5. The van der Waals surface area contributed by atoms with Gasteiger partial charge in [-0.25, -0.2) is 0 Å². The predicted octanol–water partition coefficient (Wildman–Crippen LogP) is 17.2. The molecule has 0 fully saturated rings. The molecule has 0 N–H and O–H groups in total. The van der Waals surface area contributed by atoms with Crippen molar-refractivity contribution >= 4 is 44.9 Å². The maximum absolute atomic E-state index is 7.26. The van der Waals surface area contributed by atoms with Crippen LogP contribution in [0, 0.1) is 0 Å². The molecule has 0 radical (unpaired) electrons. The lowest BCUT2D eigenvalue weighted by Crippen LogP contribution is -2.21. The molecule has 0 atom stereocenters. The molecule has 0 saturated carbocycles. The summed E-state index contributed by atoms with van der Waals surface area (Å²) >= 11 is 0. The van der Waals surface area contributed by atoms with Crippen molar-refractivity contribution in [3.8, 4) is 56.0 Å². The van der Waals surface area contributed by atoms with Gasteiger partial charge in [-0.1, -0.05) is 178 Å². The maximum Gasteiger partial charge on any atom is 0.159 e. The van der Waals surface area contributed by atoms with Gasteiger partial charge in [-0.2, -0.15) is 0 Å². The summed E-state index contributed by atoms with van der Waals surface area (Å²) in [6, 6.07) is 83.0. The highest BCUT2D eigenvalue weighted by Gasteiger charge is 2.39. The normalized spacial score (nSPS) is 12.8. The number of nitrogens with zero attached hydrogens (tertiary/aromatic N) is 2. The van der Waals surface area contributed by atoms with E-state index >= 15 is 0 Å². The van der Waals surface area contributed by atoms with Crippen LogP contribution in [-0.4, -0.2) is 0 Å². The minimum atomic E-state index is -0.242. The van der Waals surface area contributed by atoms with Crippen molar-refractivity contribution in [3.05, 3.63) is 242 Å². The van der Waals surface area contributed by atoms with Crippen molar-refractivity contribution in [2.75, 3.05) is 9.80 Å². The van der Waals surface area contributed by atoms with Crippen LogP contribution in [0.5, 0.6) is 11.5 Å². The summed E-state index contributed by atoms with van der Waals surface area (Å²) in [4.78, 5) is 4.75. The molecule has 1 heterocycles. The van der Waals surface area contributed by atoms with Crippen molar-refractivity contribution in [3.63, 3.8) is 0 Å². The van der Waals surface area contributed by atoms with Gasteiger partial charge in [0.25, 0.3) is 0 Å². The average molecular weight is 821 g/mol. The number of hydrogen-bond acceptors (Lipinski definition) is 3. The monoisotopic (exact) mass is 820 g/mol. The molecule has 304 valence electrons. The van der Waals surface area contributed by atoms with Crippen molar-refractivity contribution in [1.82, 2.24) is 0 Å². The minimum absolute atomic E-state index is 0.242. The maximum atomic E-state index is 7.26. The molecule has 0 amide bonds. The molecular weight excluding hydrogens is 777 g/mol. The minimum Gasteiger partial charge on any atom is -0.454 e. The fraction of sp³-hybridized carbons (Fsp3) is 0.0492. The fourth-order valence-corrected chi connectivity index (χ4v) is 10.2. The second-order valence-corrected chi connectivity index (χ2v) is 17.3. The summed E-state index contributed by atoms with van der Waals surface area (Å²) in [5.74, 6) is 1.68. The zero-order chi connectivity index (χ0) is 42.8. The summed E-state index contributed by atoms with van der Waals surface area (Å²) in [5, 5.41) is 2.24. The van der Waals surface area contributed by atoms with Gasteiger partial charge in [0.15, 0.2) is 5.75 Å². The van der Waals surface area contributed by atoms with Crippen LogP contribution in [0.1, 0.15) is 25.0 Å². The Morgan fingerprint density at radius 3 is 1.58 bits per heavy atom. The highest BCUT2D eigenvalue weighted by molar-refractivity contribution is 6.09. The summed E-state index contributed by atoms with van der Waals surface area (Å²) < 4.78 is 7.26. The van der Waals surface area contributed by atoms with Crippen LogP contribution in [-0.2, 0) is 5.41 Å². The summed E-state index contributed by atoms with van der Waals surface area (Å²) in [6.07, 6.45) is 0. The average Bonchev–Trinajstić information content (AvgIpc) is 3.60. The zero-order valence-corrected chi connectivity index (χ0v) is 35.7. The molecule has 1 aliphatic carbocycles. The first-order valence-electron chi connectivity index (χ1n) is 22.1. The molecule has 0 aromatic heterocycles. The predicted molar refractivity (Wildman–Crippen MR) is 267 cm³/mol. The lowest BCUT2D eigenvalue weighted by Gasteiger charge is -2.34. The first-order valence-corrected chi connectivity index (χ1v) is 22.1. The van der Waals surface area contributed by atoms with Crippen molar-refractivity contribution in [2.45, 2.75) is 19.3 Å². The summed E-state index contributed by atoms with van der Waals surface area (Å²) in [5.41, 5.74) is 18.4. The molecule has 10 aromatic carbocycles. The second kappa shape index (κ2) is 15.0. The van der Waals surface area contributed by atoms with Gasteiger partial charge in [-0.15, -0.1) is 0 Å². The SMILES string of the molecule is CC1(C)c2ccccc2-c2cccc(N(c3ccc(-c4ccc(-c5ccccc5)cc4)cc3)c3ccc4cccc5c4c3Oc3ccc(N(c4ccccc4)c4ccccc4)cc3-5)c21. The number of para-hydroxylation sites is 2. The molecule has 0 unspecified atom stereocenters. The molecular formula is C61H44N2O. The van der Waals surface area contributed by atoms with Crippen LogP contribution >= 0.6 is 0 Å². The van der Waals surface area contributed by atoms with Gasteiger partial charge in [0.05, 0.1) is 11.4 Å². The second-order valence-electron chi connectivity index (χ2n) is 17.3. The van der Waals surface area contributed by atoms with E-state index in [-0.39, 0.29) is 5.41 Å². The third kappa shape index (κ3) is 6.12. The number of fused-ring (bicyclic) bond motifs is 5. The zero-order valence-electron chi connectivity index (χ0n) is 35.7. The smallest absolute Gasteiger partial charge is 0.159 e. The van der Waals surface area contributed by atoms with Gasteiger partial charge in [0.1, 0.15) is 5.75 Å². The molecule has 64 heavy (non-hydrogen) atoms. The molecule has 3 heteroatoms. The van der Waals surface area contributed by atoms with Crippen LogP contribution in [0.25, 0.3) is 55.3 Å². The highest BCUT2D eigenvalue weighted by Crippen LogP contribution is 2.58. The molecule has 10 aromatic rings. The van der Waals surface area contributed by atoms with Gasteiger partial charge in [-0.3, -0.25) is 0 Å². The summed E-state index contributed by atoms with van der Waals surface area (Å²) in [7, 11) is 0. The Morgan fingerprint density at radius 1 is 0.359 bits per heavy atom. The Morgan fingerprint density at radius 2 is 0.891 bits per heavy atom. The van der Waals surface area contributed by atoms with E-state index in [1.54, 1.807) is 0 Å². The van der Waals surface area contributed by atoms with E-state index in [0.717, 1.165) is 73.1 Å². The Labute approximate surface area is 374 Å². The van der Waals surface area contributed by atoms with E-state index in [1.807, 2.05) is 0 Å². The van der Waals surface area contributed by atoms with Crippen molar-refractivity contribution in [1.29, 1.82) is 0 Å². The molecule has 0 saturated heterocycles. The molecule has 0 spiro atoms. The largest absolute Gasteiger partial charge is 0.454 e. The number of hydrogen-bond donors (Lipinski definition) is 0. The number of benzene rings is 10. The number of ether oxygens (including phenoxy) is 1. The molecule has 3 nitrogen and oxygen atoms in total. The Hall–Kier alpha value is -8.14. The van der Waals surface area contributed by atoms with Crippen LogP contribution in [0.4, 0.5) is 34.1 Å². The third-order valence-corrected chi connectivity index (χ3v) is 13.2. The lowest BCUT2D eigenvalue weighted by molar-refractivity contribution is 0.488.